The van der Waals surface area contributed by atoms with Crippen LogP contribution in [-0.4, -0.2) is 9.55 Å². The third kappa shape index (κ3) is 1.58. The maximum absolute atomic E-state index is 9.07. The monoisotopic (exact) mass is 272 g/mol. The smallest absolute Gasteiger partial charge is 0.217 e. The number of hydrogen-bond donors (Lipinski definition) is 0. The maximum atomic E-state index is 9.07. The van der Waals surface area contributed by atoms with Gasteiger partial charge in [0.1, 0.15) is 12.1 Å². The molecule has 0 bridgehead atoms. The first kappa shape index (κ1) is 10.4. The van der Waals surface area contributed by atoms with Gasteiger partial charge >= 0.3 is 0 Å². The summed E-state index contributed by atoms with van der Waals surface area (Å²) in [6.45, 7) is 0. The second kappa shape index (κ2) is 4.18. The van der Waals surface area contributed by atoms with Gasteiger partial charge in [-0.15, -0.1) is 0 Å². The fourth-order valence-corrected chi connectivity index (χ4v) is 1.85. The van der Waals surface area contributed by atoms with Crippen molar-refractivity contribution in [3.05, 3.63) is 46.5 Å². The van der Waals surface area contributed by atoms with Gasteiger partial charge in [0.05, 0.1) is 11.3 Å². The van der Waals surface area contributed by atoms with Gasteiger partial charge in [0.15, 0.2) is 0 Å². The van der Waals surface area contributed by atoms with Gasteiger partial charge in [-0.25, -0.2) is 4.98 Å². The van der Waals surface area contributed by atoms with Crippen LogP contribution in [-0.2, 0) is 0 Å². The number of hydrogen-bond acceptors (Lipinski definition) is 3. The first-order valence-corrected chi connectivity index (χ1v) is 5.19. The van der Waals surface area contributed by atoms with E-state index in [-0.39, 0.29) is 5.82 Å². The minimum absolute atomic E-state index is 0.259. The van der Waals surface area contributed by atoms with Crippen molar-refractivity contribution in [3.8, 4) is 17.8 Å². The van der Waals surface area contributed by atoms with Crippen LogP contribution in [0.15, 0.2) is 35.1 Å². The minimum atomic E-state index is 0.259. The molecule has 76 valence electrons. The average Bonchev–Trinajstić information content (AvgIpc) is 2.76. The van der Waals surface area contributed by atoms with Gasteiger partial charge in [0.25, 0.3) is 0 Å². The van der Waals surface area contributed by atoms with E-state index in [0.717, 1.165) is 0 Å². The molecule has 0 radical (unpaired) electrons. The Hall–Kier alpha value is -2.11. The van der Waals surface area contributed by atoms with Gasteiger partial charge in [0, 0.05) is 16.9 Å². The summed E-state index contributed by atoms with van der Waals surface area (Å²) >= 11 is 3.30. The molecule has 0 atom stereocenters. The van der Waals surface area contributed by atoms with E-state index in [4.69, 9.17) is 10.5 Å². The van der Waals surface area contributed by atoms with E-state index in [1.54, 1.807) is 29.0 Å². The molecule has 1 heterocycles. The third-order valence-corrected chi connectivity index (χ3v) is 2.76. The molecule has 0 spiro atoms. The highest BCUT2D eigenvalue weighted by atomic mass is 79.9. The number of rotatable bonds is 1. The zero-order valence-electron chi connectivity index (χ0n) is 8.05. The number of nitriles is 2. The number of aromatic nitrogens is 2. The van der Waals surface area contributed by atoms with Crippen LogP contribution in [0.5, 0.6) is 0 Å². The Morgan fingerprint density at radius 3 is 2.75 bits per heavy atom. The molecular formula is C11H5BrN4. The topological polar surface area (TPSA) is 65.4 Å². The highest BCUT2D eigenvalue weighted by Crippen LogP contribution is 2.23. The Labute approximate surface area is 101 Å². The molecule has 16 heavy (non-hydrogen) atoms. The Kier molecular flexibility index (Phi) is 2.72. The molecule has 0 amide bonds. The standard InChI is InChI=1S/C11H5BrN4/c12-9-2-1-3-10(8(9)6-13)16-5-4-15-11(16)7-14/h1-5H. The zero-order valence-corrected chi connectivity index (χ0v) is 9.64. The Balaban J connectivity index is 2.72. The predicted molar refractivity (Wildman–Crippen MR) is 60.7 cm³/mol. The largest absolute Gasteiger partial charge is 0.290 e. The van der Waals surface area contributed by atoms with Gasteiger partial charge in [-0.05, 0) is 28.1 Å². The quantitative estimate of drug-likeness (QED) is 0.801. The summed E-state index contributed by atoms with van der Waals surface area (Å²) in [6.07, 6.45) is 3.18. The number of benzene rings is 1. The van der Waals surface area contributed by atoms with Crippen molar-refractivity contribution in [2.75, 3.05) is 0 Å². The number of nitrogens with zero attached hydrogens (tertiary/aromatic N) is 4. The molecule has 0 fully saturated rings. The van der Waals surface area contributed by atoms with Crippen molar-refractivity contribution in [1.82, 2.24) is 9.55 Å². The molecular weight excluding hydrogens is 268 g/mol. The second-order valence-corrected chi connectivity index (χ2v) is 3.83. The van der Waals surface area contributed by atoms with Gasteiger partial charge in [-0.3, -0.25) is 4.57 Å². The van der Waals surface area contributed by atoms with Crippen LogP contribution in [0.2, 0.25) is 0 Å². The van der Waals surface area contributed by atoms with Crippen molar-refractivity contribution in [1.29, 1.82) is 10.5 Å². The number of halogens is 1. The first-order chi connectivity index (χ1) is 7.77. The van der Waals surface area contributed by atoms with Crippen LogP contribution in [0.25, 0.3) is 5.69 Å². The zero-order chi connectivity index (χ0) is 11.5. The molecule has 2 rings (SSSR count). The molecule has 0 saturated heterocycles. The van der Waals surface area contributed by atoms with Crippen LogP contribution in [0.3, 0.4) is 0 Å². The fourth-order valence-electron chi connectivity index (χ4n) is 1.40. The molecule has 1 aromatic carbocycles. The van der Waals surface area contributed by atoms with E-state index in [1.807, 2.05) is 6.07 Å². The first-order valence-electron chi connectivity index (χ1n) is 4.40. The van der Waals surface area contributed by atoms with Crippen molar-refractivity contribution < 1.29 is 0 Å². The van der Waals surface area contributed by atoms with E-state index in [9.17, 15) is 0 Å². The van der Waals surface area contributed by atoms with E-state index in [1.165, 1.54) is 6.20 Å². The van der Waals surface area contributed by atoms with Gasteiger partial charge in [0.2, 0.25) is 5.82 Å². The van der Waals surface area contributed by atoms with E-state index in [0.29, 0.717) is 15.7 Å². The molecule has 0 aliphatic heterocycles. The van der Waals surface area contributed by atoms with Crippen molar-refractivity contribution in [2.45, 2.75) is 0 Å². The van der Waals surface area contributed by atoms with E-state index >= 15 is 0 Å². The molecule has 0 saturated carbocycles. The SMILES string of the molecule is N#Cc1c(Br)cccc1-n1ccnc1C#N. The van der Waals surface area contributed by atoms with Crippen LogP contribution in [0, 0.1) is 22.7 Å². The molecule has 0 N–H and O–H groups in total. The van der Waals surface area contributed by atoms with Gasteiger partial charge < -0.3 is 0 Å². The summed E-state index contributed by atoms with van der Waals surface area (Å²) in [7, 11) is 0. The average molecular weight is 273 g/mol. The van der Waals surface area contributed by atoms with Crippen LogP contribution in [0.4, 0.5) is 0 Å². The number of imidazole rings is 1. The lowest BCUT2D eigenvalue weighted by Gasteiger charge is -2.06. The summed E-state index contributed by atoms with van der Waals surface area (Å²) in [5.41, 5.74) is 1.13. The lowest BCUT2D eigenvalue weighted by atomic mass is 10.2. The summed E-state index contributed by atoms with van der Waals surface area (Å²) in [5.74, 6) is 0.259. The molecule has 1 aromatic heterocycles. The maximum Gasteiger partial charge on any atom is 0.217 e. The normalized spacial score (nSPS) is 9.44. The Morgan fingerprint density at radius 1 is 1.25 bits per heavy atom. The summed E-state index contributed by atoms with van der Waals surface area (Å²) < 4.78 is 2.29. The minimum Gasteiger partial charge on any atom is -0.290 e. The van der Waals surface area contributed by atoms with Gasteiger partial charge in [-0.1, -0.05) is 6.07 Å². The molecule has 5 heteroatoms. The van der Waals surface area contributed by atoms with E-state index in [2.05, 4.69) is 27.0 Å². The van der Waals surface area contributed by atoms with Crippen LogP contribution in [0.1, 0.15) is 11.4 Å². The third-order valence-electron chi connectivity index (χ3n) is 2.10. The highest BCUT2D eigenvalue weighted by molar-refractivity contribution is 9.10. The predicted octanol–water partition coefficient (Wildman–Crippen LogP) is 2.38. The molecule has 0 unspecified atom stereocenters. The van der Waals surface area contributed by atoms with Crippen molar-refractivity contribution in [2.24, 2.45) is 0 Å². The molecule has 2 aromatic rings. The fraction of sp³-hybridized carbons (Fsp3) is 0. The highest BCUT2D eigenvalue weighted by Gasteiger charge is 2.10. The molecule has 0 aliphatic carbocycles. The van der Waals surface area contributed by atoms with E-state index < -0.39 is 0 Å². The summed E-state index contributed by atoms with van der Waals surface area (Å²) in [4.78, 5) is 3.89. The van der Waals surface area contributed by atoms with Crippen LogP contribution >= 0.6 is 15.9 Å². The lowest BCUT2D eigenvalue weighted by Crippen LogP contribution is -1.99. The van der Waals surface area contributed by atoms with Crippen LogP contribution < -0.4 is 0 Å². The Bertz CT molecular complexity index is 616. The molecule has 0 aliphatic rings. The van der Waals surface area contributed by atoms with Gasteiger partial charge in [-0.2, -0.15) is 10.5 Å². The second-order valence-electron chi connectivity index (χ2n) is 2.98. The van der Waals surface area contributed by atoms with Crippen molar-refractivity contribution >= 4 is 15.9 Å². The lowest BCUT2D eigenvalue weighted by molar-refractivity contribution is 1.01. The summed E-state index contributed by atoms with van der Waals surface area (Å²) in [6, 6.07) is 9.43. The Morgan fingerprint density at radius 2 is 2.06 bits per heavy atom. The molecule has 4 nitrogen and oxygen atoms in total. The van der Waals surface area contributed by atoms with Crippen molar-refractivity contribution in [3.63, 3.8) is 0 Å². The summed E-state index contributed by atoms with van der Waals surface area (Å²) in [5, 5.41) is 17.9.